The molecule has 4 rings (SSSR count). The molecule has 208 valence electrons. The second-order valence-corrected chi connectivity index (χ2v) is 9.93. The normalized spacial score (nSPS) is 18.3. The Kier molecular flexibility index (Phi) is 7.78. The Hall–Kier alpha value is -3.80. The Balaban J connectivity index is 1.80. The molecule has 2 aromatic carbocycles. The zero-order chi connectivity index (χ0) is 28.6. The summed E-state index contributed by atoms with van der Waals surface area (Å²) < 4.78 is 70.0. The molecule has 1 aromatic heterocycles. The number of halogens is 5. The van der Waals surface area contributed by atoms with Crippen LogP contribution in [0.15, 0.2) is 42.7 Å². The fourth-order valence-electron chi connectivity index (χ4n) is 4.58. The minimum absolute atomic E-state index is 0.0599. The van der Waals surface area contributed by atoms with Gasteiger partial charge in [-0.25, -0.2) is 18.7 Å². The van der Waals surface area contributed by atoms with Gasteiger partial charge >= 0.3 is 6.18 Å². The average molecular weight is 549 g/mol. The molecule has 1 saturated heterocycles. The smallest absolute Gasteiger partial charge is 0.367 e. The number of nitrogens with zero attached hydrogens (tertiary/aromatic N) is 5. The van der Waals surface area contributed by atoms with Crippen LogP contribution in [0.5, 0.6) is 0 Å². The minimum atomic E-state index is -4.96. The number of carbonyl (C=O) groups excluding carboxylic acids is 1. The Morgan fingerprint density at radius 1 is 1.03 bits per heavy atom. The SMILES string of the molecule is CC1CN(c2cc(F)c(-c3cnc(N(C)C)nc3)cc2NC(=O)c2ccc(F)cc2C(F)(F)F)C[C@@H](C)N1C. The first-order valence-corrected chi connectivity index (χ1v) is 12.2. The number of aromatic nitrogens is 2. The molecule has 0 radical (unpaired) electrons. The van der Waals surface area contributed by atoms with E-state index in [2.05, 4.69) is 20.2 Å². The summed E-state index contributed by atoms with van der Waals surface area (Å²) in [5.74, 6) is -2.43. The minimum Gasteiger partial charge on any atom is -0.367 e. The van der Waals surface area contributed by atoms with Gasteiger partial charge in [0.2, 0.25) is 5.95 Å². The van der Waals surface area contributed by atoms with E-state index in [9.17, 15) is 22.4 Å². The quantitative estimate of drug-likeness (QED) is 0.438. The van der Waals surface area contributed by atoms with Gasteiger partial charge in [-0.2, -0.15) is 13.2 Å². The number of piperazine rings is 1. The Labute approximate surface area is 223 Å². The maximum Gasteiger partial charge on any atom is 0.417 e. The predicted octanol–water partition coefficient (Wildman–Crippen LogP) is 5.29. The number of rotatable bonds is 5. The summed E-state index contributed by atoms with van der Waals surface area (Å²) in [6.07, 6.45) is -2.11. The van der Waals surface area contributed by atoms with Crippen molar-refractivity contribution in [2.75, 3.05) is 49.3 Å². The molecule has 2 atom stereocenters. The van der Waals surface area contributed by atoms with E-state index in [4.69, 9.17) is 0 Å². The lowest BCUT2D eigenvalue weighted by Gasteiger charge is -2.44. The highest BCUT2D eigenvalue weighted by Gasteiger charge is 2.36. The molecule has 1 unspecified atom stereocenters. The molecule has 0 saturated carbocycles. The highest BCUT2D eigenvalue weighted by molar-refractivity contribution is 6.07. The van der Waals surface area contributed by atoms with Crippen LogP contribution in [-0.2, 0) is 6.18 Å². The molecule has 12 heteroatoms. The van der Waals surface area contributed by atoms with Crippen molar-refractivity contribution in [2.24, 2.45) is 0 Å². The van der Waals surface area contributed by atoms with Gasteiger partial charge in [-0.15, -0.1) is 0 Å². The number of hydrogen-bond donors (Lipinski definition) is 1. The molecule has 7 nitrogen and oxygen atoms in total. The number of likely N-dealkylation sites (N-methyl/N-ethyl adjacent to an activating group) is 1. The zero-order valence-electron chi connectivity index (χ0n) is 22.1. The van der Waals surface area contributed by atoms with Crippen molar-refractivity contribution in [1.29, 1.82) is 0 Å². The van der Waals surface area contributed by atoms with Gasteiger partial charge in [0, 0.05) is 62.8 Å². The van der Waals surface area contributed by atoms with Crippen molar-refractivity contribution < 1.29 is 26.7 Å². The monoisotopic (exact) mass is 548 g/mol. The molecule has 3 aromatic rings. The predicted molar refractivity (Wildman–Crippen MR) is 140 cm³/mol. The maximum atomic E-state index is 15.5. The second-order valence-electron chi connectivity index (χ2n) is 9.93. The van der Waals surface area contributed by atoms with Crippen LogP contribution in [0, 0.1) is 11.6 Å². The van der Waals surface area contributed by atoms with Crippen LogP contribution < -0.4 is 15.1 Å². The van der Waals surface area contributed by atoms with Crippen molar-refractivity contribution in [2.45, 2.75) is 32.1 Å². The summed E-state index contributed by atoms with van der Waals surface area (Å²) in [7, 11) is 5.48. The lowest BCUT2D eigenvalue weighted by molar-refractivity contribution is -0.138. The average Bonchev–Trinajstić information content (AvgIpc) is 2.87. The maximum absolute atomic E-state index is 15.5. The molecule has 2 heterocycles. The molecule has 39 heavy (non-hydrogen) atoms. The van der Waals surface area contributed by atoms with Crippen molar-refractivity contribution >= 4 is 23.2 Å². The molecular formula is C27H29F5N6O. The molecule has 1 amide bonds. The summed E-state index contributed by atoms with van der Waals surface area (Å²) in [5, 5.41) is 2.53. The fraction of sp³-hybridized carbons (Fsp3) is 0.370. The molecule has 1 aliphatic rings. The van der Waals surface area contributed by atoms with E-state index in [1.807, 2.05) is 25.8 Å². The number of anilines is 3. The second kappa shape index (κ2) is 10.8. The van der Waals surface area contributed by atoms with Crippen molar-refractivity contribution in [1.82, 2.24) is 14.9 Å². The third-order valence-corrected chi connectivity index (χ3v) is 6.91. The summed E-state index contributed by atoms with van der Waals surface area (Å²) in [6, 6.07) is 4.63. The first kappa shape index (κ1) is 28.2. The number of hydrogen-bond acceptors (Lipinski definition) is 6. The lowest BCUT2D eigenvalue weighted by atomic mass is 10.0. The highest BCUT2D eigenvalue weighted by Crippen LogP contribution is 2.37. The van der Waals surface area contributed by atoms with Gasteiger partial charge in [-0.1, -0.05) is 0 Å². The third-order valence-electron chi connectivity index (χ3n) is 6.91. The van der Waals surface area contributed by atoms with E-state index in [0.717, 1.165) is 12.1 Å². The van der Waals surface area contributed by atoms with Crippen LogP contribution in [0.3, 0.4) is 0 Å². The van der Waals surface area contributed by atoms with Gasteiger partial charge in [0.05, 0.1) is 22.5 Å². The summed E-state index contributed by atoms with van der Waals surface area (Å²) in [4.78, 5) is 27.3. The van der Waals surface area contributed by atoms with Crippen molar-refractivity contribution in [3.05, 3.63) is 65.5 Å². The van der Waals surface area contributed by atoms with Crippen molar-refractivity contribution in [3.63, 3.8) is 0 Å². The number of benzene rings is 2. The molecular weight excluding hydrogens is 519 g/mol. The molecule has 0 bridgehead atoms. The Bertz CT molecular complexity index is 1350. The number of alkyl halides is 3. The van der Waals surface area contributed by atoms with Crippen LogP contribution in [0.4, 0.5) is 39.3 Å². The first-order chi connectivity index (χ1) is 18.3. The molecule has 1 fully saturated rings. The molecule has 1 aliphatic heterocycles. The topological polar surface area (TPSA) is 64.6 Å². The standard InChI is InChI=1S/C27H29F5N6O/c1-15-13-38(14-16(2)37(15)5)24-10-22(29)20(17-11-33-26(34-12-17)36(3)4)9-23(24)35-25(39)19-7-6-18(28)8-21(19)27(30,31)32/h6-12,15-16H,13-14H2,1-5H3,(H,35,39)/t15-,16?/m1/s1. The van der Waals surface area contributed by atoms with Gasteiger partial charge in [0.25, 0.3) is 5.91 Å². The van der Waals surface area contributed by atoms with Crippen LogP contribution in [0.2, 0.25) is 0 Å². The summed E-state index contributed by atoms with van der Waals surface area (Å²) in [6.45, 7) is 4.99. The largest absolute Gasteiger partial charge is 0.417 e. The molecule has 0 aliphatic carbocycles. The van der Waals surface area contributed by atoms with Gasteiger partial charge in [-0.3, -0.25) is 9.69 Å². The Morgan fingerprint density at radius 2 is 1.64 bits per heavy atom. The number of amides is 1. The van der Waals surface area contributed by atoms with E-state index in [-0.39, 0.29) is 29.4 Å². The van der Waals surface area contributed by atoms with Crippen LogP contribution in [0.1, 0.15) is 29.8 Å². The highest BCUT2D eigenvalue weighted by atomic mass is 19.4. The summed E-state index contributed by atoms with van der Waals surface area (Å²) in [5.41, 5.74) is -1.35. The van der Waals surface area contributed by atoms with E-state index >= 15 is 4.39 Å². The molecule has 1 N–H and O–H groups in total. The van der Waals surface area contributed by atoms with Gasteiger partial charge in [0.1, 0.15) is 11.6 Å². The van der Waals surface area contributed by atoms with E-state index < -0.39 is 34.8 Å². The van der Waals surface area contributed by atoms with Gasteiger partial charge < -0.3 is 15.1 Å². The van der Waals surface area contributed by atoms with Crippen LogP contribution >= 0.6 is 0 Å². The zero-order valence-corrected chi connectivity index (χ0v) is 22.1. The third kappa shape index (κ3) is 5.95. The number of carbonyl (C=O) groups is 1. The van der Waals surface area contributed by atoms with Crippen LogP contribution in [-0.4, -0.2) is 67.1 Å². The van der Waals surface area contributed by atoms with Crippen molar-refractivity contribution in [3.8, 4) is 11.1 Å². The fourth-order valence-corrected chi connectivity index (χ4v) is 4.58. The lowest BCUT2D eigenvalue weighted by Crippen LogP contribution is -2.55. The molecule has 0 spiro atoms. The first-order valence-electron chi connectivity index (χ1n) is 12.2. The van der Waals surface area contributed by atoms with E-state index in [1.54, 1.807) is 19.0 Å². The van der Waals surface area contributed by atoms with Gasteiger partial charge in [-0.05, 0) is 51.2 Å². The summed E-state index contributed by atoms with van der Waals surface area (Å²) >= 11 is 0. The van der Waals surface area contributed by atoms with Gasteiger partial charge in [0.15, 0.2) is 0 Å². The van der Waals surface area contributed by atoms with Crippen LogP contribution in [0.25, 0.3) is 11.1 Å². The van der Waals surface area contributed by atoms with E-state index in [0.29, 0.717) is 30.3 Å². The Morgan fingerprint density at radius 3 is 2.21 bits per heavy atom. The number of nitrogens with one attached hydrogen (secondary N) is 1. The van der Waals surface area contributed by atoms with E-state index in [1.165, 1.54) is 24.5 Å².